The highest BCUT2D eigenvalue weighted by atomic mass is 16.6. The van der Waals surface area contributed by atoms with Crippen LogP contribution in [0.3, 0.4) is 0 Å². The number of ether oxygens (including phenoxy) is 2. The van der Waals surface area contributed by atoms with Crippen molar-refractivity contribution in [3.05, 3.63) is 47.6 Å². The first kappa shape index (κ1) is 34.2. The zero-order valence-electron chi connectivity index (χ0n) is 26.8. The molecule has 3 N–H and O–H groups in total. The molecule has 2 aromatic heterocycles. The third-order valence-corrected chi connectivity index (χ3v) is 7.86. The number of carbonyl (C=O) groups is 4. The van der Waals surface area contributed by atoms with E-state index in [4.69, 9.17) is 14.0 Å². The summed E-state index contributed by atoms with van der Waals surface area (Å²) in [6.07, 6.45) is 4.12. The standard InChI is InChI=1S/C32H46N6O7/c1-20(2)14-24(28(39)32(5)19-44-32)34-30(41)26(16-22-6-8-33-9-7-22)36-29(40)25(15-21(3)4)35-31(42)27-17-23(45-37-27)18-38-10-12-43-13-11-38/h6-9,17,20-21,24-26H,10-16,18-19H2,1-5H3,(H,34,41)(H,35,42)(H,36,40)/t24-,25-,26-,32+/m0/s1. The Morgan fingerprint density at radius 2 is 1.51 bits per heavy atom. The summed E-state index contributed by atoms with van der Waals surface area (Å²) >= 11 is 0. The lowest BCUT2D eigenvalue weighted by Crippen LogP contribution is -2.57. The Morgan fingerprint density at radius 3 is 2.13 bits per heavy atom. The minimum Gasteiger partial charge on any atom is -0.379 e. The highest BCUT2D eigenvalue weighted by Gasteiger charge is 2.50. The second-order valence-corrected chi connectivity index (χ2v) is 12.9. The number of aromatic nitrogens is 2. The van der Waals surface area contributed by atoms with Crippen LogP contribution in [0.5, 0.6) is 0 Å². The van der Waals surface area contributed by atoms with E-state index in [1.54, 1.807) is 37.5 Å². The lowest BCUT2D eigenvalue weighted by atomic mass is 9.93. The molecule has 2 aromatic rings. The van der Waals surface area contributed by atoms with E-state index in [1.807, 2.05) is 27.7 Å². The normalized spacial score (nSPS) is 20.3. The molecule has 0 radical (unpaired) electrons. The van der Waals surface area contributed by atoms with Gasteiger partial charge in [0.2, 0.25) is 11.8 Å². The summed E-state index contributed by atoms with van der Waals surface area (Å²) in [5.74, 6) is -1.04. The summed E-state index contributed by atoms with van der Waals surface area (Å²) in [6.45, 7) is 13.1. The van der Waals surface area contributed by atoms with Crippen molar-refractivity contribution >= 4 is 23.5 Å². The van der Waals surface area contributed by atoms with E-state index < -0.39 is 41.4 Å². The monoisotopic (exact) mass is 626 g/mol. The minimum atomic E-state index is -1.02. The van der Waals surface area contributed by atoms with Crippen LogP contribution in [0, 0.1) is 11.8 Å². The van der Waals surface area contributed by atoms with E-state index in [0.717, 1.165) is 18.7 Å². The number of nitrogens with zero attached hydrogens (tertiary/aromatic N) is 3. The number of Topliss-reactive ketones (excluding diaryl/α,β-unsaturated/α-hetero) is 1. The summed E-state index contributed by atoms with van der Waals surface area (Å²) in [5.41, 5.74) is -0.0711. The summed E-state index contributed by atoms with van der Waals surface area (Å²) in [7, 11) is 0. The zero-order chi connectivity index (χ0) is 32.6. The topological polar surface area (TPSA) is 168 Å². The lowest BCUT2D eigenvalue weighted by Gasteiger charge is -2.27. The van der Waals surface area contributed by atoms with E-state index in [-0.39, 0.29) is 29.7 Å². The van der Waals surface area contributed by atoms with Crippen molar-refractivity contribution in [1.29, 1.82) is 0 Å². The molecule has 4 heterocycles. The molecule has 0 aliphatic carbocycles. The number of hydrogen-bond donors (Lipinski definition) is 3. The fourth-order valence-electron chi connectivity index (χ4n) is 5.24. The van der Waals surface area contributed by atoms with Gasteiger partial charge in [-0.25, -0.2) is 0 Å². The molecule has 13 nitrogen and oxygen atoms in total. The molecule has 4 atom stereocenters. The maximum atomic E-state index is 13.7. The number of amides is 3. The first-order valence-electron chi connectivity index (χ1n) is 15.7. The Kier molecular flexibility index (Phi) is 11.8. The predicted octanol–water partition coefficient (Wildman–Crippen LogP) is 1.66. The average Bonchev–Trinajstić information content (AvgIpc) is 3.58. The quantitative estimate of drug-likeness (QED) is 0.233. The fourth-order valence-corrected chi connectivity index (χ4v) is 5.24. The van der Waals surface area contributed by atoms with Crippen molar-refractivity contribution in [2.24, 2.45) is 11.8 Å². The van der Waals surface area contributed by atoms with E-state index in [9.17, 15) is 19.2 Å². The van der Waals surface area contributed by atoms with E-state index >= 15 is 0 Å². The van der Waals surface area contributed by atoms with Gasteiger partial charge >= 0.3 is 0 Å². The molecular formula is C32H46N6O7. The molecule has 2 aliphatic rings. The van der Waals surface area contributed by atoms with Gasteiger partial charge in [-0.2, -0.15) is 0 Å². The number of ketones is 1. The Bertz CT molecular complexity index is 1300. The predicted molar refractivity (Wildman–Crippen MR) is 164 cm³/mol. The van der Waals surface area contributed by atoms with Gasteiger partial charge in [-0.15, -0.1) is 0 Å². The second kappa shape index (κ2) is 15.5. The first-order chi connectivity index (χ1) is 21.4. The van der Waals surface area contributed by atoms with Crippen LogP contribution < -0.4 is 16.0 Å². The van der Waals surface area contributed by atoms with E-state index in [2.05, 4.69) is 31.0 Å². The number of hydrogen-bond acceptors (Lipinski definition) is 10. The van der Waals surface area contributed by atoms with Crippen molar-refractivity contribution in [3.8, 4) is 0 Å². The highest BCUT2D eigenvalue weighted by molar-refractivity contribution is 5.99. The van der Waals surface area contributed by atoms with Crippen LogP contribution in [0.4, 0.5) is 0 Å². The van der Waals surface area contributed by atoms with Crippen molar-refractivity contribution in [3.63, 3.8) is 0 Å². The van der Waals surface area contributed by atoms with Crippen LogP contribution in [0.15, 0.2) is 35.1 Å². The van der Waals surface area contributed by atoms with Gasteiger partial charge in [0.05, 0.1) is 32.4 Å². The Morgan fingerprint density at radius 1 is 0.911 bits per heavy atom. The molecule has 3 amide bonds. The summed E-state index contributed by atoms with van der Waals surface area (Å²) in [6, 6.07) is 2.35. The third-order valence-electron chi connectivity index (χ3n) is 7.86. The van der Waals surface area contributed by atoms with Gasteiger partial charge in [0.1, 0.15) is 17.7 Å². The number of epoxide rings is 1. The van der Waals surface area contributed by atoms with Gasteiger partial charge < -0.3 is 29.9 Å². The smallest absolute Gasteiger partial charge is 0.274 e. The average molecular weight is 627 g/mol. The molecule has 13 heteroatoms. The van der Waals surface area contributed by atoms with Crippen LogP contribution in [-0.2, 0) is 36.8 Å². The molecule has 2 saturated heterocycles. The van der Waals surface area contributed by atoms with Crippen molar-refractivity contribution in [2.75, 3.05) is 32.9 Å². The van der Waals surface area contributed by atoms with Crippen LogP contribution in [0.1, 0.15) is 69.3 Å². The Labute approximate surface area is 264 Å². The summed E-state index contributed by atoms with van der Waals surface area (Å²) in [5, 5.41) is 12.4. The second-order valence-electron chi connectivity index (χ2n) is 12.9. The molecule has 45 heavy (non-hydrogen) atoms. The fraction of sp³-hybridized carbons (Fsp3) is 0.625. The van der Waals surface area contributed by atoms with Crippen LogP contribution in [0.2, 0.25) is 0 Å². The molecule has 0 unspecified atom stereocenters. The van der Waals surface area contributed by atoms with Gasteiger partial charge in [0.15, 0.2) is 17.2 Å². The highest BCUT2D eigenvalue weighted by Crippen LogP contribution is 2.29. The maximum Gasteiger partial charge on any atom is 0.274 e. The molecule has 0 spiro atoms. The zero-order valence-corrected chi connectivity index (χ0v) is 26.8. The number of nitrogens with one attached hydrogen (secondary N) is 3. The largest absolute Gasteiger partial charge is 0.379 e. The molecule has 0 saturated carbocycles. The maximum absolute atomic E-state index is 13.7. The van der Waals surface area contributed by atoms with Gasteiger partial charge in [0.25, 0.3) is 5.91 Å². The van der Waals surface area contributed by atoms with Crippen molar-refractivity contribution in [2.45, 2.75) is 84.2 Å². The van der Waals surface area contributed by atoms with Crippen LogP contribution >= 0.6 is 0 Å². The van der Waals surface area contributed by atoms with Crippen LogP contribution in [-0.4, -0.2) is 95.2 Å². The first-order valence-corrected chi connectivity index (χ1v) is 15.7. The molecule has 0 aromatic carbocycles. The number of rotatable bonds is 16. The van der Waals surface area contributed by atoms with Gasteiger partial charge in [-0.05, 0) is 49.3 Å². The Balaban J connectivity index is 1.47. The third kappa shape index (κ3) is 10.2. The van der Waals surface area contributed by atoms with Gasteiger partial charge in [0, 0.05) is 38.0 Å². The number of carbonyl (C=O) groups excluding carboxylic acids is 4. The summed E-state index contributed by atoms with van der Waals surface area (Å²) < 4.78 is 16.1. The van der Waals surface area contributed by atoms with Crippen LogP contribution in [0.25, 0.3) is 0 Å². The number of morpholine rings is 1. The lowest BCUT2D eigenvalue weighted by molar-refractivity contribution is -0.133. The SMILES string of the molecule is CC(C)C[C@H](NC(=O)c1cc(CN2CCOCC2)on1)C(=O)N[C@@H](Cc1ccncc1)C(=O)N[C@@H](CC(C)C)C(=O)[C@@]1(C)CO1. The van der Waals surface area contributed by atoms with E-state index in [0.29, 0.717) is 45.0 Å². The van der Waals surface area contributed by atoms with Crippen molar-refractivity contribution in [1.82, 2.24) is 31.0 Å². The van der Waals surface area contributed by atoms with Gasteiger partial charge in [-0.1, -0.05) is 32.9 Å². The molecule has 2 fully saturated rings. The summed E-state index contributed by atoms with van der Waals surface area (Å²) in [4.78, 5) is 60.0. The Hall–Kier alpha value is -3.68. The minimum absolute atomic E-state index is 0.0510. The molecule has 2 aliphatic heterocycles. The van der Waals surface area contributed by atoms with Crippen molar-refractivity contribution < 1.29 is 33.2 Å². The van der Waals surface area contributed by atoms with Gasteiger partial charge in [-0.3, -0.25) is 29.1 Å². The molecule has 246 valence electrons. The molecule has 0 bridgehead atoms. The number of pyridine rings is 1. The van der Waals surface area contributed by atoms with E-state index in [1.165, 1.54) is 0 Å². The molecular weight excluding hydrogens is 580 g/mol. The molecule has 4 rings (SSSR count).